The Labute approximate surface area is 193 Å². The lowest BCUT2D eigenvalue weighted by molar-refractivity contribution is -0.142. The standard InChI is InChI=1S/C24H17N3O7/c1-30-22(28)12-31-14-6-8-18-20(10-14)33-21-11-15(32-13-26-27-25)7-9-19(21)24(18)17-5-3-2-4-16(17)23(29)34-24/h2-11H,12-13H2,1H3. The summed E-state index contributed by atoms with van der Waals surface area (Å²) in [5.74, 6) is 0.564. The molecule has 2 aliphatic heterocycles. The van der Waals surface area contributed by atoms with E-state index < -0.39 is 17.5 Å². The molecular formula is C24H17N3O7. The quantitative estimate of drug-likeness (QED) is 0.230. The first kappa shape index (κ1) is 21.2. The third-order valence-corrected chi connectivity index (χ3v) is 5.59. The summed E-state index contributed by atoms with van der Waals surface area (Å²) in [6, 6.07) is 17.3. The molecule has 10 heteroatoms. The van der Waals surface area contributed by atoms with Crippen LogP contribution in [-0.2, 0) is 19.9 Å². The van der Waals surface area contributed by atoms with E-state index in [1.807, 2.05) is 12.1 Å². The summed E-state index contributed by atoms with van der Waals surface area (Å²) in [7, 11) is 1.27. The smallest absolute Gasteiger partial charge is 0.343 e. The average Bonchev–Trinajstić information content (AvgIpc) is 3.15. The van der Waals surface area contributed by atoms with Gasteiger partial charge in [0.25, 0.3) is 0 Å². The van der Waals surface area contributed by atoms with Crippen LogP contribution < -0.4 is 14.2 Å². The lowest BCUT2D eigenvalue weighted by Crippen LogP contribution is -2.33. The first-order valence-electron chi connectivity index (χ1n) is 10.2. The number of rotatable bonds is 6. The molecule has 5 rings (SSSR count). The normalized spacial score (nSPS) is 16.8. The molecule has 0 saturated heterocycles. The first-order chi connectivity index (χ1) is 16.6. The third-order valence-electron chi connectivity index (χ3n) is 5.59. The maximum absolute atomic E-state index is 12.9. The SMILES string of the molecule is COC(=O)COc1ccc2c(c1)Oc1cc(OCN=[N+]=[N-])ccc1C21OC(=O)c2ccccc21. The second-order valence-electron chi connectivity index (χ2n) is 7.40. The van der Waals surface area contributed by atoms with Crippen molar-refractivity contribution >= 4 is 11.9 Å². The maximum atomic E-state index is 12.9. The number of esters is 2. The van der Waals surface area contributed by atoms with Gasteiger partial charge in [0, 0.05) is 33.7 Å². The fourth-order valence-electron chi connectivity index (χ4n) is 4.15. The van der Waals surface area contributed by atoms with Crippen molar-refractivity contribution in [3.8, 4) is 23.0 Å². The van der Waals surface area contributed by atoms with Crippen molar-refractivity contribution in [2.24, 2.45) is 5.11 Å². The predicted octanol–water partition coefficient (Wildman–Crippen LogP) is 4.45. The van der Waals surface area contributed by atoms with Crippen LogP contribution in [0, 0.1) is 0 Å². The molecule has 0 amide bonds. The van der Waals surface area contributed by atoms with Crippen molar-refractivity contribution in [1.82, 2.24) is 0 Å². The number of ether oxygens (including phenoxy) is 5. The molecule has 2 aliphatic rings. The molecule has 2 heterocycles. The molecule has 0 saturated carbocycles. The van der Waals surface area contributed by atoms with Gasteiger partial charge in [-0.2, -0.15) is 0 Å². The van der Waals surface area contributed by atoms with E-state index in [2.05, 4.69) is 14.8 Å². The molecule has 1 spiro atoms. The first-order valence-corrected chi connectivity index (χ1v) is 10.2. The van der Waals surface area contributed by atoms with Crippen molar-refractivity contribution in [2.75, 3.05) is 20.4 Å². The van der Waals surface area contributed by atoms with Crippen molar-refractivity contribution in [3.05, 3.63) is 93.4 Å². The Hall–Kier alpha value is -4.69. The van der Waals surface area contributed by atoms with E-state index in [1.165, 1.54) is 7.11 Å². The summed E-state index contributed by atoms with van der Waals surface area (Å²) in [4.78, 5) is 27.0. The molecule has 0 bridgehead atoms. The van der Waals surface area contributed by atoms with E-state index in [0.29, 0.717) is 45.3 Å². The van der Waals surface area contributed by atoms with Gasteiger partial charge in [0.1, 0.15) is 23.0 Å². The van der Waals surface area contributed by atoms with Crippen molar-refractivity contribution in [2.45, 2.75) is 5.60 Å². The molecular weight excluding hydrogens is 442 g/mol. The Morgan fingerprint density at radius 1 is 1.00 bits per heavy atom. The molecule has 0 aliphatic carbocycles. The molecule has 1 unspecified atom stereocenters. The molecule has 3 aromatic rings. The van der Waals surface area contributed by atoms with Gasteiger partial charge < -0.3 is 23.7 Å². The van der Waals surface area contributed by atoms with Gasteiger partial charge >= 0.3 is 11.9 Å². The fraction of sp³-hybridized carbons (Fsp3) is 0.167. The van der Waals surface area contributed by atoms with E-state index in [9.17, 15) is 9.59 Å². The molecule has 170 valence electrons. The van der Waals surface area contributed by atoms with E-state index in [-0.39, 0.29) is 13.3 Å². The summed E-state index contributed by atoms with van der Waals surface area (Å²) in [6.07, 6.45) is 0. The summed E-state index contributed by atoms with van der Waals surface area (Å²) >= 11 is 0. The number of nitrogens with zero attached hydrogens (tertiary/aromatic N) is 3. The van der Waals surface area contributed by atoms with Crippen LogP contribution in [0.25, 0.3) is 10.4 Å². The van der Waals surface area contributed by atoms with Crippen molar-refractivity contribution < 1.29 is 33.3 Å². The highest BCUT2D eigenvalue weighted by atomic mass is 16.6. The van der Waals surface area contributed by atoms with Crippen LogP contribution in [-0.4, -0.2) is 32.4 Å². The average molecular weight is 459 g/mol. The summed E-state index contributed by atoms with van der Waals surface area (Å²) in [5.41, 5.74) is 9.58. The third kappa shape index (κ3) is 3.33. The Kier molecular flexibility index (Phi) is 5.19. The Morgan fingerprint density at radius 2 is 1.68 bits per heavy atom. The number of hydrogen-bond donors (Lipinski definition) is 0. The van der Waals surface area contributed by atoms with E-state index in [0.717, 1.165) is 0 Å². The number of methoxy groups -OCH3 is 1. The minimum atomic E-state index is -1.25. The van der Waals surface area contributed by atoms with Crippen LogP contribution in [0.2, 0.25) is 0 Å². The summed E-state index contributed by atoms with van der Waals surface area (Å²) in [5, 5.41) is 3.37. The minimum Gasteiger partial charge on any atom is -0.487 e. The number of hydrogen-bond acceptors (Lipinski definition) is 8. The van der Waals surface area contributed by atoms with Gasteiger partial charge in [0.2, 0.25) is 0 Å². The highest BCUT2D eigenvalue weighted by molar-refractivity contribution is 5.97. The minimum absolute atomic E-state index is 0.194. The second-order valence-corrected chi connectivity index (χ2v) is 7.40. The predicted molar refractivity (Wildman–Crippen MR) is 117 cm³/mol. The molecule has 0 N–H and O–H groups in total. The van der Waals surface area contributed by atoms with Gasteiger partial charge in [-0.15, -0.1) is 0 Å². The number of azide groups is 1. The molecule has 0 fully saturated rings. The van der Waals surface area contributed by atoms with E-state index >= 15 is 0 Å². The van der Waals surface area contributed by atoms with Gasteiger partial charge in [-0.1, -0.05) is 23.3 Å². The highest BCUT2D eigenvalue weighted by Crippen LogP contribution is 2.57. The fourth-order valence-corrected chi connectivity index (χ4v) is 4.15. The van der Waals surface area contributed by atoms with E-state index in [1.54, 1.807) is 48.5 Å². The van der Waals surface area contributed by atoms with Gasteiger partial charge in [-0.3, -0.25) is 0 Å². The van der Waals surface area contributed by atoms with Gasteiger partial charge in [0.15, 0.2) is 18.9 Å². The maximum Gasteiger partial charge on any atom is 0.343 e. The lowest BCUT2D eigenvalue weighted by Gasteiger charge is -2.36. The molecule has 10 nitrogen and oxygen atoms in total. The van der Waals surface area contributed by atoms with Crippen LogP contribution >= 0.6 is 0 Å². The van der Waals surface area contributed by atoms with Crippen LogP contribution in [0.3, 0.4) is 0 Å². The van der Waals surface area contributed by atoms with Gasteiger partial charge in [-0.25, -0.2) is 9.59 Å². The van der Waals surface area contributed by atoms with E-state index in [4.69, 9.17) is 24.5 Å². The zero-order valence-electron chi connectivity index (χ0n) is 17.9. The molecule has 0 radical (unpaired) electrons. The molecule has 1 atom stereocenters. The van der Waals surface area contributed by atoms with Crippen LogP contribution in [0.5, 0.6) is 23.0 Å². The van der Waals surface area contributed by atoms with Crippen molar-refractivity contribution in [3.63, 3.8) is 0 Å². The number of benzene rings is 3. The molecule has 34 heavy (non-hydrogen) atoms. The van der Waals surface area contributed by atoms with Crippen LogP contribution in [0.15, 0.2) is 65.8 Å². The Morgan fingerprint density at radius 3 is 2.35 bits per heavy atom. The summed E-state index contributed by atoms with van der Waals surface area (Å²) < 4.78 is 27.8. The van der Waals surface area contributed by atoms with Crippen molar-refractivity contribution in [1.29, 1.82) is 0 Å². The zero-order chi connectivity index (χ0) is 23.7. The second kappa shape index (κ2) is 8.34. The Bertz CT molecular complexity index is 1370. The Balaban J connectivity index is 1.64. The lowest BCUT2D eigenvalue weighted by atomic mass is 9.77. The van der Waals surface area contributed by atoms with Gasteiger partial charge in [0.05, 0.1) is 12.7 Å². The number of carbonyl (C=O) groups excluding carboxylic acids is 2. The highest BCUT2D eigenvalue weighted by Gasteiger charge is 2.53. The molecule has 0 aromatic heterocycles. The zero-order valence-corrected chi connectivity index (χ0v) is 17.9. The molecule has 3 aromatic carbocycles. The topological polar surface area (TPSA) is 129 Å². The number of carbonyl (C=O) groups is 2. The number of fused-ring (bicyclic) bond motifs is 6. The van der Waals surface area contributed by atoms with Gasteiger partial charge in [-0.05, 0) is 35.9 Å². The summed E-state index contributed by atoms with van der Waals surface area (Å²) in [6.45, 7) is -0.466. The van der Waals surface area contributed by atoms with Crippen LogP contribution in [0.4, 0.5) is 0 Å². The van der Waals surface area contributed by atoms with Crippen LogP contribution in [0.1, 0.15) is 27.0 Å². The largest absolute Gasteiger partial charge is 0.487 e. The monoisotopic (exact) mass is 459 g/mol.